The van der Waals surface area contributed by atoms with Gasteiger partial charge in [-0.1, -0.05) is 24.6 Å². The number of phenolic OH excluding ortho intramolecular Hbond substituents is 1. The fourth-order valence-corrected chi connectivity index (χ4v) is 3.56. The smallest absolute Gasteiger partial charge is 0.419 e. The molecule has 144 valence electrons. The summed E-state index contributed by atoms with van der Waals surface area (Å²) >= 11 is 6.12. The third kappa shape index (κ3) is 3.00. The molecule has 0 unspecified atom stereocenters. The Morgan fingerprint density at radius 3 is 2.48 bits per heavy atom. The molecular formula is C19H17ClF3NO3. The number of alkyl halides is 3. The van der Waals surface area contributed by atoms with E-state index in [4.69, 9.17) is 16.0 Å². The second-order valence-corrected chi connectivity index (χ2v) is 7.14. The quantitative estimate of drug-likeness (QED) is 0.665. The topological polar surface area (TPSA) is 55.4 Å². The molecule has 0 aliphatic rings. The van der Waals surface area contributed by atoms with E-state index in [-0.39, 0.29) is 33.0 Å². The molecule has 0 spiro atoms. The first-order valence-electron chi connectivity index (χ1n) is 8.12. The Hall–Kier alpha value is -2.41. The monoisotopic (exact) mass is 399 g/mol. The van der Waals surface area contributed by atoms with E-state index in [0.717, 1.165) is 11.5 Å². The lowest BCUT2D eigenvalue weighted by Gasteiger charge is -2.38. The van der Waals surface area contributed by atoms with Crippen LogP contribution in [0.1, 0.15) is 30.9 Å². The fourth-order valence-electron chi connectivity index (χ4n) is 3.28. The summed E-state index contributed by atoms with van der Waals surface area (Å²) in [6, 6.07) is 7.88. The van der Waals surface area contributed by atoms with Gasteiger partial charge in [-0.2, -0.15) is 13.2 Å². The highest BCUT2D eigenvalue weighted by Crippen LogP contribution is 2.52. The zero-order valence-electron chi connectivity index (χ0n) is 14.8. The van der Waals surface area contributed by atoms with Crippen LogP contribution >= 0.6 is 11.6 Å². The van der Waals surface area contributed by atoms with E-state index in [1.165, 1.54) is 50.4 Å². The van der Waals surface area contributed by atoms with Crippen molar-refractivity contribution in [3.05, 3.63) is 63.1 Å². The standard InChI is InChI=1S/C19H17ClF3NO3/c1-10(13-9-12(25)5-6-14(13)20)18(2,19(21,22)23)11-4-7-16-15(8-11)24(3)17(26)27-16/h4-10,25H,1-3H3/t10-,18+/m1/s1. The lowest BCUT2D eigenvalue weighted by atomic mass is 9.69. The normalized spacial score (nSPS) is 15.7. The number of rotatable bonds is 3. The number of fused-ring (bicyclic) bond motifs is 1. The molecule has 3 rings (SSSR count). The number of oxazole rings is 1. The molecule has 2 aromatic carbocycles. The first-order chi connectivity index (χ1) is 12.5. The van der Waals surface area contributed by atoms with Crippen LogP contribution in [0.25, 0.3) is 11.1 Å². The summed E-state index contributed by atoms with van der Waals surface area (Å²) in [5.41, 5.74) is -1.71. The Balaban J connectivity index is 2.26. The molecule has 0 aliphatic heterocycles. The molecule has 1 aromatic heterocycles. The van der Waals surface area contributed by atoms with Crippen molar-refractivity contribution in [3.63, 3.8) is 0 Å². The van der Waals surface area contributed by atoms with E-state index < -0.39 is 23.3 Å². The molecule has 4 nitrogen and oxygen atoms in total. The number of benzene rings is 2. The highest BCUT2D eigenvalue weighted by atomic mass is 35.5. The largest absolute Gasteiger partial charge is 0.508 e. The van der Waals surface area contributed by atoms with Gasteiger partial charge in [0.2, 0.25) is 0 Å². The summed E-state index contributed by atoms with van der Waals surface area (Å²) in [5.74, 6) is -1.93. The number of aromatic hydroxyl groups is 1. The summed E-state index contributed by atoms with van der Waals surface area (Å²) in [6.07, 6.45) is -4.63. The number of aromatic nitrogens is 1. The molecule has 0 aliphatic carbocycles. The third-order valence-corrected chi connectivity index (χ3v) is 5.64. The lowest BCUT2D eigenvalue weighted by Crippen LogP contribution is -2.44. The van der Waals surface area contributed by atoms with Gasteiger partial charge in [-0.25, -0.2) is 4.79 Å². The Morgan fingerprint density at radius 2 is 1.85 bits per heavy atom. The molecule has 0 saturated carbocycles. The molecule has 27 heavy (non-hydrogen) atoms. The van der Waals surface area contributed by atoms with Crippen molar-refractivity contribution in [1.82, 2.24) is 4.57 Å². The fraction of sp³-hybridized carbons (Fsp3) is 0.316. The maximum absolute atomic E-state index is 14.3. The molecule has 0 saturated heterocycles. The van der Waals surface area contributed by atoms with Gasteiger partial charge in [-0.15, -0.1) is 0 Å². The van der Waals surface area contributed by atoms with Crippen LogP contribution in [-0.2, 0) is 12.5 Å². The van der Waals surface area contributed by atoms with Crippen LogP contribution in [0.2, 0.25) is 5.02 Å². The van der Waals surface area contributed by atoms with Crippen LogP contribution in [0.4, 0.5) is 13.2 Å². The van der Waals surface area contributed by atoms with E-state index in [1.807, 2.05) is 0 Å². The number of hydrogen-bond donors (Lipinski definition) is 1. The summed E-state index contributed by atoms with van der Waals surface area (Å²) in [5, 5.41) is 9.85. The van der Waals surface area contributed by atoms with Gasteiger partial charge in [-0.3, -0.25) is 4.57 Å². The minimum absolute atomic E-state index is 0.0363. The average Bonchev–Trinajstić information content (AvgIpc) is 2.88. The van der Waals surface area contributed by atoms with Crippen LogP contribution in [-0.4, -0.2) is 15.8 Å². The van der Waals surface area contributed by atoms with Gasteiger partial charge in [0.25, 0.3) is 0 Å². The van der Waals surface area contributed by atoms with Gasteiger partial charge in [0.05, 0.1) is 10.9 Å². The van der Waals surface area contributed by atoms with Crippen LogP contribution in [0, 0.1) is 0 Å². The minimum atomic E-state index is -4.63. The van der Waals surface area contributed by atoms with Gasteiger partial charge in [0.1, 0.15) is 5.75 Å². The second-order valence-electron chi connectivity index (χ2n) is 6.74. The van der Waals surface area contributed by atoms with Crippen molar-refractivity contribution >= 4 is 22.7 Å². The van der Waals surface area contributed by atoms with Crippen molar-refractivity contribution in [2.45, 2.75) is 31.4 Å². The second kappa shape index (κ2) is 6.34. The van der Waals surface area contributed by atoms with Crippen molar-refractivity contribution in [3.8, 4) is 5.75 Å². The summed E-state index contributed by atoms with van der Waals surface area (Å²) in [7, 11) is 1.43. The minimum Gasteiger partial charge on any atom is -0.508 e. The van der Waals surface area contributed by atoms with Crippen LogP contribution < -0.4 is 5.76 Å². The first kappa shape index (κ1) is 19.4. The molecule has 0 amide bonds. The number of hydrogen-bond acceptors (Lipinski definition) is 3. The number of phenols is 1. The lowest BCUT2D eigenvalue weighted by molar-refractivity contribution is -0.191. The molecule has 8 heteroatoms. The molecule has 0 fully saturated rings. The summed E-state index contributed by atoms with van der Waals surface area (Å²) < 4.78 is 49.0. The number of halogens is 4. The summed E-state index contributed by atoms with van der Waals surface area (Å²) in [4.78, 5) is 11.7. The Morgan fingerprint density at radius 1 is 1.19 bits per heavy atom. The van der Waals surface area contributed by atoms with Gasteiger partial charge < -0.3 is 9.52 Å². The molecule has 0 bridgehead atoms. The highest BCUT2D eigenvalue weighted by Gasteiger charge is 2.56. The van der Waals surface area contributed by atoms with E-state index in [9.17, 15) is 23.1 Å². The van der Waals surface area contributed by atoms with Gasteiger partial charge in [0.15, 0.2) is 5.58 Å². The average molecular weight is 400 g/mol. The van der Waals surface area contributed by atoms with Crippen molar-refractivity contribution < 1.29 is 22.7 Å². The Labute approximate surface area is 157 Å². The van der Waals surface area contributed by atoms with Gasteiger partial charge in [0, 0.05) is 18.0 Å². The summed E-state index contributed by atoms with van der Waals surface area (Å²) in [6.45, 7) is 2.49. The van der Waals surface area contributed by atoms with E-state index in [2.05, 4.69) is 0 Å². The maximum atomic E-state index is 14.3. The highest BCUT2D eigenvalue weighted by molar-refractivity contribution is 6.31. The van der Waals surface area contributed by atoms with Crippen LogP contribution in [0.5, 0.6) is 5.75 Å². The van der Waals surface area contributed by atoms with E-state index in [0.29, 0.717) is 0 Å². The third-order valence-electron chi connectivity index (χ3n) is 5.29. The molecular weight excluding hydrogens is 383 g/mol. The van der Waals surface area contributed by atoms with Gasteiger partial charge in [-0.05, 0) is 48.4 Å². The Bertz CT molecular complexity index is 1070. The van der Waals surface area contributed by atoms with Crippen LogP contribution in [0.3, 0.4) is 0 Å². The van der Waals surface area contributed by atoms with Gasteiger partial charge >= 0.3 is 11.9 Å². The predicted molar refractivity (Wildman–Crippen MR) is 96.4 cm³/mol. The first-order valence-corrected chi connectivity index (χ1v) is 8.50. The van der Waals surface area contributed by atoms with E-state index >= 15 is 0 Å². The van der Waals surface area contributed by atoms with Crippen LogP contribution in [0.15, 0.2) is 45.6 Å². The molecule has 1 N–H and O–H groups in total. The predicted octanol–water partition coefficient (Wildman–Crippen LogP) is 5.11. The molecule has 0 radical (unpaired) electrons. The Kier molecular flexibility index (Phi) is 4.54. The number of nitrogens with zero attached hydrogens (tertiary/aromatic N) is 1. The zero-order chi connectivity index (χ0) is 20.1. The molecule has 1 heterocycles. The van der Waals surface area contributed by atoms with E-state index in [1.54, 1.807) is 0 Å². The SMILES string of the molecule is C[C@H](c1cc(O)ccc1Cl)[C@@](C)(c1ccc2oc(=O)n(C)c2c1)C(F)(F)F. The van der Waals surface area contributed by atoms with Crippen molar-refractivity contribution in [1.29, 1.82) is 0 Å². The van der Waals surface area contributed by atoms with Crippen molar-refractivity contribution in [2.75, 3.05) is 0 Å². The maximum Gasteiger partial charge on any atom is 0.419 e. The zero-order valence-corrected chi connectivity index (χ0v) is 15.5. The van der Waals surface area contributed by atoms with Crippen molar-refractivity contribution in [2.24, 2.45) is 7.05 Å². The number of aryl methyl sites for hydroxylation is 1. The molecule has 2 atom stereocenters. The molecule has 3 aromatic rings.